The quantitative estimate of drug-likeness (QED) is 0.592. The van der Waals surface area contributed by atoms with Gasteiger partial charge in [0.15, 0.2) is 0 Å². The van der Waals surface area contributed by atoms with E-state index in [1.807, 2.05) is 77.6 Å². The summed E-state index contributed by atoms with van der Waals surface area (Å²) in [7, 11) is 0. The first-order valence-corrected chi connectivity index (χ1v) is 8.66. The number of rotatable bonds is 5. The molecule has 3 heterocycles. The van der Waals surface area contributed by atoms with Crippen LogP contribution in [0.5, 0.6) is 0 Å². The molecule has 5 heteroatoms. The number of hydrogen-bond donors (Lipinski definition) is 1. The topological polar surface area (TPSA) is 59.8 Å². The highest BCUT2D eigenvalue weighted by atomic mass is 16.1. The van der Waals surface area contributed by atoms with Crippen molar-refractivity contribution in [2.24, 2.45) is 0 Å². The molecule has 0 bridgehead atoms. The van der Waals surface area contributed by atoms with Crippen molar-refractivity contribution in [3.8, 4) is 16.9 Å². The van der Waals surface area contributed by atoms with Crippen molar-refractivity contribution in [1.29, 1.82) is 0 Å². The summed E-state index contributed by atoms with van der Waals surface area (Å²) in [5, 5.41) is 2.96. The minimum absolute atomic E-state index is 0.103. The average Bonchev–Trinajstić information content (AvgIpc) is 3.28. The molecule has 4 rings (SSSR count). The minimum atomic E-state index is -0.103. The second kappa shape index (κ2) is 7.66. The summed E-state index contributed by atoms with van der Waals surface area (Å²) in [6.45, 7) is 0.438. The Labute approximate surface area is 157 Å². The fraction of sp³-hybridized carbons (Fsp3) is 0.0455. The van der Waals surface area contributed by atoms with E-state index >= 15 is 0 Å². The Morgan fingerprint density at radius 1 is 0.963 bits per heavy atom. The highest BCUT2D eigenvalue weighted by molar-refractivity contribution is 5.94. The van der Waals surface area contributed by atoms with E-state index in [1.165, 1.54) is 0 Å². The minimum Gasteiger partial charge on any atom is -0.348 e. The first kappa shape index (κ1) is 16.7. The summed E-state index contributed by atoms with van der Waals surface area (Å²) >= 11 is 0. The van der Waals surface area contributed by atoms with Crippen LogP contribution in [0.4, 0.5) is 0 Å². The highest BCUT2D eigenvalue weighted by Crippen LogP contribution is 2.16. The van der Waals surface area contributed by atoms with E-state index in [2.05, 4.69) is 15.3 Å². The SMILES string of the molecule is O=C(NCc1ccnc(-c2cccnc2)c1)c1ccc(-n2cccc2)cc1. The molecule has 0 aliphatic carbocycles. The zero-order chi connectivity index (χ0) is 18.5. The molecular formula is C22H18N4O. The predicted molar refractivity (Wildman–Crippen MR) is 104 cm³/mol. The van der Waals surface area contributed by atoms with Crippen molar-refractivity contribution in [2.45, 2.75) is 6.54 Å². The molecule has 1 amide bonds. The summed E-state index contributed by atoms with van der Waals surface area (Å²) in [5.41, 5.74) is 4.43. The number of carbonyl (C=O) groups is 1. The molecule has 0 aliphatic rings. The van der Waals surface area contributed by atoms with Gasteiger partial charge >= 0.3 is 0 Å². The van der Waals surface area contributed by atoms with Crippen LogP contribution < -0.4 is 5.32 Å². The number of carbonyl (C=O) groups excluding carboxylic acids is 1. The van der Waals surface area contributed by atoms with E-state index < -0.39 is 0 Å². The molecule has 0 radical (unpaired) electrons. The van der Waals surface area contributed by atoms with Gasteiger partial charge in [-0.1, -0.05) is 0 Å². The van der Waals surface area contributed by atoms with Crippen LogP contribution in [0, 0.1) is 0 Å². The molecule has 0 fully saturated rings. The van der Waals surface area contributed by atoms with E-state index in [0.29, 0.717) is 12.1 Å². The molecule has 132 valence electrons. The van der Waals surface area contributed by atoms with E-state index in [4.69, 9.17) is 0 Å². The maximum absolute atomic E-state index is 12.4. The molecule has 0 unspecified atom stereocenters. The van der Waals surface area contributed by atoms with Crippen LogP contribution in [-0.4, -0.2) is 20.4 Å². The summed E-state index contributed by atoms with van der Waals surface area (Å²) in [6, 6.07) is 19.2. The van der Waals surface area contributed by atoms with E-state index in [0.717, 1.165) is 22.5 Å². The average molecular weight is 354 g/mol. The van der Waals surface area contributed by atoms with Gasteiger partial charge in [-0.05, 0) is 66.2 Å². The summed E-state index contributed by atoms with van der Waals surface area (Å²) < 4.78 is 2.00. The molecule has 0 saturated carbocycles. The molecule has 3 aromatic heterocycles. The Balaban J connectivity index is 1.42. The first-order valence-electron chi connectivity index (χ1n) is 8.66. The molecule has 0 saturated heterocycles. The number of nitrogens with one attached hydrogen (secondary N) is 1. The Hall–Kier alpha value is -3.73. The third kappa shape index (κ3) is 3.93. The lowest BCUT2D eigenvalue weighted by atomic mass is 10.1. The normalized spacial score (nSPS) is 10.5. The van der Waals surface area contributed by atoms with Crippen LogP contribution in [0.1, 0.15) is 15.9 Å². The summed E-state index contributed by atoms with van der Waals surface area (Å²) in [4.78, 5) is 20.9. The Morgan fingerprint density at radius 2 is 1.78 bits per heavy atom. The standard InChI is InChI=1S/C22H18N4O/c27-22(18-5-7-20(8-6-18)26-12-1-2-13-26)25-15-17-9-11-24-21(14-17)19-4-3-10-23-16-19/h1-14,16H,15H2,(H,25,27). The maximum Gasteiger partial charge on any atom is 0.251 e. The molecule has 0 atom stereocenters. The molecule has 4 aromatic rings. The smallest absolute Gasteiger partial charge is 0.251 e. The third-order valence-corrected chi connectivity index (χ3v) is 4.27. The van der Waals surface area contributed by atoms with Crippen LogP contribution in [-0.2, 0) is 6.54 Å². The number of benzene rings is 1. The Bertz CT molecular complexity index is 1030. The van der Waals surface area contributed by atoms with Gasteiger partial charge in [0.05, 0.1) is 5.69 Å². The van der Waals surface area contributed by atoms with Crippen LogP contribution >= 0.6 is 0 Å². The number of pyridine rings is 2. The van der Waals surface area contributed by atoms with Crippen molar-refractivity contribution >= 4 is 5.91 Å². The lowest BCUT2D eigenvalue weighted by Gasteiger charge is -2.08. The molecular weight excluding hydrogens is 336 g/mol. The van der Waals surface area contributed by atoms with Gasteiger partial charge in [0, 0.05) is 54.3 Å². The zero-order valence-corrected chi connectivity index (χ0v) is 14.6. The lowest BCUT2D eigenvalue weighted by Crippen LogP contribution is -2.22. The van der Waals surface area contributed by atoms with Gasteiger partial charge in [0.25, 0.3) is 5.91 Å². The van der Waals surface area contributed by atoms with Gasteiger partial charge < -0.3 is 9.88 Å². The first-order chi connectivity index (χ1) is 13.3. The fourth-order valence-corrected chi connectivity index (χ4v) is 2.83. The monoisotopic (exact) mass is 354 g/mol. The maximum atomic E-state index is 12.4. The Morgan fingerprint density at radius 3 is 2.52 bits per heavy atom. The van der Waals surface area contributed by atoms with E-state index in [9.17, 15) is 4.79 Å². The van der Waals surface area contributed by atoms with Crippen molar-refractivity contribution in [2.75, 3.05) is 0 Å². The number of aromatic nitrogens is 3. The second-order valence-electron chi connectivity index (χ2n) is 6.11. The molecule has 1 aromatic carbocycles. The van der Waals surface area contributed by atoms with Crippen molar-refractivity contribution in [3.05, 3.63) is 103 Å². The molecule has 1 N–H and O–H groups in total. The number of nitrogens with zero attached hydrogens (tertiary/aromatic N) is 3. The van der Waals surface area contributed by atoms with E-state index in [1.54, 1.807) is 18.6 Å². The fourth-order valence-electron chi connectivity index (χ4n) is 2.83. The summed E-state index contributed by atoms with van der Waals surface area (Å²) in [5.74, 6) is -0.103. The van der Waals surface area contributed by atoms with Gasteiger partial charge in [0.2, 0.25) is 0 Å². The van der Waals surface area contributed by atoms with Crippen LogP contribution in [0.3, 0.4) is 0 Å². The predicted octanol–water partition coefficient (Wildman–Crippen LogP) is 3.86. The Kier molecular flexibility index (Phi) is 4.74. The van der Waals surface area contributed by atoms with Gasteiger partial charge in [0.1, 0.15) is 0 Å². The molecule has 0 spiro atoms. The van der Waals surface area contributed by atoms with Crippen LogP contribution in [0.2, 0.25) is 0 Å². The molecule has 27 heavy (non-hydrogen) atoms. The van der Waals surface area contributed by atoms with E-state index in [-0.39, 0.29) is 5.91 Å². The van der Waals surface area contributed by atoms with Gasteiger partial charge in [-0.15, -0.1) is 0 Å². The van der Waals surface area contributed by atoms with Gasteiger partial charge in [-0.25, -0.2) is 0 Å². The van der Waals surface area contributed by atoms with Gasteiger partial charge in [-0.3, -0.25) is 14.8 Å². The third-order valence-electron chi connectivity index (χ3n) is 4.27. The van der Waals surface area contributed by atoms with Crippen LogP contribution in [0.25, 0.3) is 16.9 Å². The zero-order valence-electron chi connectivity index (χ0n) is 14.6. The molecule has 0 aliphatic heterocycles. The second-order valence-corrected chi connectivity index (χ2v) is 6.11. The van der Waals surface area contributed by atoms with Crippen molar-refractivity contribution in [3.63, 3.8) is 0 Å². The van der Waals surface area contributed by atoms with Gasteiger partial charge in [-0.2, -0.15) is 0 Å². The van der Waals surface area contributed by atoms with Crippen LogP contribution in [0.15, 0.2) is 91.6 Å². The van der Waals surface area contributed by atoms with Crippen molar-refractivity contribution in [1.82, 2.24) is 19.9 Å². The highest BCUT2D eigenvalue weighted by Gasteiger charge is 2.07. The molecule has 5 nitrogen and oxygen atoms in total. The lowest BCUT2D eigenvalue weighted by molar-refractivity contribution is 0.0951. The number of amides is 1. The summed E-state index contributed by atoms with van der Waals surface area (Å²) in [6.07, 6.45) is 9.19. The number of hydrogen-bond acceptors (Lipinski definition) is 3. The largest absolute Gasteiger partial charge is 0.348 e. The van der Waals surface area contributed by atoms with Crippen molar-refractivity contribution < 1.29 is 4.79 Å².